The van der Waals surface area contributed by atoms with Crippen LogP contribution in [0.2, 0.25) is 39.3 Å². The van der Waals surface area contributed by atoms with Crippen LogP contribution in [0.1, 0.15) is 6.42 Å². The van der Waals surface area contributed by atoms with Crippen LogP contribution in [0.5, 0.6) is 0 Å². The SMILES string of the molecule is C[Si](C)(C)OC1CCN([Si](C)(C)C)C1. The monoisotopic (exact) mass is 231 g/mol. The minimum atomic E-state index is -1.32. The molecule has 1 atom stereocenters. The number of hydrogen-bond acceptors (Lipinski definition) is 2. The highest BCUT2D eigenvalue weighted by Gasteiger charge is 2.33. The summed E-state index contributed by atoms with van der Waals surface area (Å²) in [5, 5.41) is 0. The summed E-state index contributed by atoms with van der Waals surface area (Å²) in [6, 6.07) is 0. The first kappa shape index (κ1) is 12.4. The van der Waals surface area contributed by atoms with Crippen LogP contribution in [0.3, 0.4) is 0 Å². The van der Waals surface area contributed by atoms with Crippen LogP contribution in [0.4, 0.5) is 0 Å². The third-order valence-electron chi connectivity index (χ3n) is 2.61. The van der Waals surface area contributed by atoms with Gasteiger partial charge in [0, 0.05) is 6.54 Å². The van der Waals surface area contributed by atoms with Crippen molar-refractivity contribution in [2.75, 3.05) is 13.1 Å². The van der Waals surface area contributed by atoms with Gasteiger partial charge in [-0.05, 0) is 32.6 Å². The van der Waals surface area contributed by atoms with Gasteiger partial charge in [0.2, 0.25) is 0 Å². The first-order chi connectivity index (χ1) is 6.18. The lowest BCUT2D eigenvalue weighted by molar-refractivity contribution is 0.207. The summed E-state index contributed by atoms with van der Waals surface area (Å²) < 4.78 is 8.81. The molecule has 0 saturated carbocycles. The molecule has 1 aliphatic heterocycles. The van der Waals surface area contributed by atoms with Gasteiger partial charge in [-0.1, -0.05) is 19.6 Å². The van der Waals surface area contributed by atoms with Gasteiger partial charge in [0.1, 0.15) is 8.24 Å². The zero-order valence-electron chi connectivity index (χ0n) is 10.6. The molecule has 0 aromatic carbocycles. The Morgan fingerprint density at radius 2 is 1.64 bits per heavy atom. The van der Waals surface area contributed by atoms with Crippen LogP contribution in [0.25, 0.3) is 0 Å². The number of hydrogen-bond donors (Lipinski definition) is 0. The molecular formula is C10H25NOSi2. The Morgan fingerprint density at radius 3 is 2.00 bits per heavy atom. The van der Waals surface area contributed by atoms with E-state index in [2.05, 4.69) is 43.8 Å². The molecule has 1 unspecified atom stereocenters. The molecule has 0 radical (unpaired) electrons. The highest BCUT2D eigenvalue weighted by atomic mass is 28.4. The number of rotatable bonds is 3. The third-order valence-corrected chi connectivity index (χ3v) is 5.96. The molecule has 84 valence electrons. The first-order valence-electron chi connectivity index (χ1n) is 5.61. The van der Waals surface area contributed by atoms with Crippen LogP contribution < -0.4 is 0 Å². The molecule has 1 rings (SSSR count). The van der Waals surface area contributed by atoms with Crippen LogP contribution in [-0.4, -0.2) is 40.3 Å². The Kier molecular flexibility index (Phi) is 3.62. The second kappa shape index (κ2) is 4.08. The summed E-state index contributed by atoms with van der Waals surface area (Å²) in [6.45, 7) is 16.5. The largest absolute Gasteiger partial charge is 0.413 e. The van der Waals surface area contributed by atoms with Crippen molar-refractivity contribution in [3.8, 4) is 0 Å². The summed E-state index contributed by atoms with van der Waals surface area (Å²) in [6.07, 6.45) is 1.77. The van der Waals surface area contributed by atoms with E-state index in [0.29, 0.717) is 6.10 Å². The molecule has 0 bridgehead atoms. The van der Waals surface area contributed by atoms with Crippen molar-refractivity contribution in [2.24, 2.45) is 0 Å². The van der Waals surface area contributed by atoms with E-state index in [0.717, 1.165) is 0 Å². The normalized spacial score (nSPS) is 25.7. The van der Waals surface area contributed by atoms with Crippen molar-refractivity contribution >= 4 is 16.6 Å². The average Bonchev–Trinajstić information content (AvgIpc) is 2.29. The molecule has 0 amide bonds. The van der Waals surface area contributed by atoms with Crippen LogP contribution in [0.15, 0.2) is 0 Å². The van der Waals surface area contributed by atoms with Crippen molar-refractivity contribution < 1.29 is 4.43 Å². The second-order valence-corrected chi connectivity index (χ2v) is 15.7. The second-order valence-electron chi connectivity index (χ2n) is 6.26. The maximum atomic E-state index is 6.14. The molecule has 0 aliphatic carbocycles. The van der Waals surface area contributed by atoms with Crippen molar-refractivity contribution in [1.29, 1.82) is 0 Å². The van der Waals surface area contributed by atoms with Gasteiger partial charge in [0.15, 0.2) is 8.32 Å². The van der Waals surface area contributed by atoms with Gasteiger partial charge in [-0.3, -0.25) is 0 Å². The zero-order valence-corrected chi connectivity index (χ0v) is 12.6. The zero-order chi connectivity index (χ0) is 11.0. The molecular weight excluding hydrogens is 206 g/mol. The highest BCUT2D eigenvalue weighted by Crippen LogP contribution is 2.22. The Bertz CT molecular complexity index is 195. The Hall–Kier alpha value is 0.354. The molecule has 14 heavy (non-hydrogen) atoms. The van der Waals surface area contributed by atoms with Crippen molar-refractivity contribution in [1.82, 2.24) is 4.57 Å². The minimum absolute atomic E-state index is 0.522. The molecule has 1 saturated heterocycles. The molecule has 0 N–H and O–H groups in total. The number of nitrogens with zero attached hydrogens (tertiary/aromatic N) is 1. The molecule has 1 aliphatic rings. The molecule has 1 fully saturated rings. The molecule has 2 nitrogen and oxygen atoms in total. The summed E-state index contributed by atoms with van der Waals surface area (Å²) in [5.41, 5.74) is 0. The third kappa shape index (κ3) is 3.84. The van der Waals surface area contributed by atoms with Gasteiger partial charge in [-0.15, -0.1) is 0 Å². The predicted octanol–water partition coefficient (Wildman–Crippen LogP) is 2.75. The summed E-state index contributed by atoms with van der Waals surface area (Å²) in [7, 11) is -2.39. The average molecular weight is 231 g/mol. The van der Waals surface area contributed by atoms with Crippen molar-refractivity contribution in [3.63, 3.8) is 0 Å². The van der Waals surface area contributed by atoms with E-state index in [4.69, 9.17) is 4.43 Å². The summed E-state index contributed by atoms with van der Waals surface area (Å²) in [4.78, 5) is 0. The van der Waals surface area contributed by atoms with E-state index in [-0.39, 0.29) is 0 Å². The molecule has 0 spiro atoms. The quantitative estimate of drug-likeness (QED) is 0.693. The van der Waals surface area contributed by atoms with Crippen LogP contribution in [-0.2, 0) is 4.43 Å². The first-order valence-corrected chi connectivity index (χ1v) is 12.5. The van der Waals surface area contributed by atoms with Gasteiger partial charge >= 0.3 is 0 Å². The van der Waals surface area contributed by atoms with E-state index < -0.39 is 16.6 Å². The summed E-state index contributed by atoms with van der Waals surface area (Å²) in [5.74, 6) is 0. The fourth-order valence-electron chi connectivity index (χ4n) is 1.93. The van der Waals surface area contributed by atoms with Gasteiger partial charge in [0.25, 0.3) is 0 Å². The van der Waals surface area contributed by atoms with Gasteiger partial charge in [-0.25, -0.2) is 0 Å². The minimum Gasteiger partial charge on any atom is -0.413 e. The van der Waals surface area contributed by atoms with E-state index in [1.807, 2.05) is 0 Å². The van der Waals surface area contributed by atoms with Crippen LogP contribution in [0, 0.1) is 0 Å². The van der Waals surface area contributed by atoms with Crippen molar-refractivity contribution in [3.05, 3.63) is 0 Å². The smallest absolute Gasteiger partial charge is 0.184 e. The molecule has 1 heterocycles. The maximum absolute atomic E-state index is 6.14. The topological polar surface area (TPSA) is 12.5 Å². The molecule has 0 aromatic heterocycles. The summed E-state index contributed by atoms with van der Waals surface area (Å²) >= 11 is 0. The predicted molar refractivity (Wildman–Crippen MR) is 67.8 cm³/mol. The molecule has 0 aromatic rings. The van der Waals surface area contributed by atoms with Crippen LogP contribution >= 0.6 is 0 Å². The lowest BCUT2D eigenvalue weighted by Gasteiger charge is -2.30. The van der Waals surface area contributed by atoms with Gasteiger partial charge in [-0.2, -0.15) is 0 Å². The Morgan fingerprint density at radius 1 is 1.07 bits per heavy atom. The van der Waals surface area contributed by atoms with Gasteiger partial charge in [0.05, 0.1) is 6.10 Å². The standard InChI is InChI=1S/C10H25NOSi2/c1-13(2,3)11-8-7-10(9-11)12-14(4,5)6/h10H,7-9H2,1-6H3. The lowest BCUT2D eigenvalue weighted by Crippen LogP contribution is -2.45. The van der Waals surface area contributed by atoms with E-state index in [9.17, 15) is 0 Å². The lowest BCUT2D eigenvalue weighted by atomic mass is 10.3. The maximum Gasteiger partial charge on any atom is 0.184 e. The molecule has 4 heteroatoms. The Labute approximate surface area is 90.9 Å². The van der Waals surface area contributed by atoms with Crippen molar-refractivity contribution in [2.45, 2.75) is 51.8 Å². The van der Waals surface area contributed by atoms with E-state index >= 15 is 0 Å². The van der Waals surface area contributed by atoms with E-state index in [1.165, 1.54) is 19.5 Å². The van der Waals surface area contributed by atoms with Gasteiger partial charge < -0.3 is 8.99 Å². The fourth-order valence-corrected chi connectivity index (χ4v) is 4.68. The Balaban J connectivity index is 2.42. The fraction of sp³-hybridized carbons (Fsp3) is 1.00. The van der Waals surface area contributed by atoms with E-state index in [1.54, 1.807) is 0 Å². The highest BCUT2D eigenvalue weighted by molar-refractivity contribution is 6.73.